The van der Waals surface area contributed by atoms with Gasteiger partial charge in [0.25, 0.3) is 0 Å². The highest BCUT2D eigenvalue weighted by Gasteiger charge is 2.16. The van der Waals surface area contributed by atoms with Crippen molar-refractivity contribution in [3.8, 4) is 11.5 Å². The SMILES string of the molecule is CNC(=O)C(CN)Cc1cc(OC)cc(OC)c1. The first-order chi connectivity index (χ1) is 8.64. The third-order valence-corrected chi connectivity index (χ3v) is 2.80. The van der Waals surface area contributed by atoms with Crippen LogP contribution in [0.15, 0.2) is 18.2 Å². The maximum atomic E-state index is 11.6. The maximum Gasteiger partial charge on any atom is 0.224 e. The molecule has 1 unspecified atom stereocenters. The van der Waals surface area contributed by atoms with Crippen LogP contribution in [0.25, 0.3) is 0 Å². The molecule has 0 aromatic heterocycles. The molecule has 5 nitrogen and oxygen atoms in total. The lowest BCUT2D eigenvalue weighted by Gasteiger charge is -2.14. The molecule has 18 heavy (non-hydrogen) atoms. The number of methoxy groups -OCH3 is 2. The van der Waals surface area contributed by atoms with E-state index in [1.165, 1.54) is 0 Å². The van der Waals surface area contributed by atoms with Gasteiger partial charge in [-0.05, 0) is 24.1 Å². The van der Waals surface area contributed by atoms with Crippen LogP contribution in [0.2, 0.25) is 0 Å². The Bertz CT molecular complexity index is 385. The van der Waals surface area contributed by atoms with Crippen molar-refractivity contribution in [3.63, 3.8) is 0 Å². The van der Waals surface area contributed by atoms with Gasteiger partial charge < -0.3 is 20.5 Å². The lowest BCUT2D eigenvalue weighted by Crippen LogP contribution is -2.34. The van der Waals surface area contributed by atoms with Gasteiger partial charge in [0.05, 0.1) is 20.1 Å². The molecular weight excluding hydrogens is 232 g/mol. The summed E-state index contributed by atoms with van der Waals surface area (Å²) in [7, 11) is 4.80. The first-order valence-electron chi connectivity index (χ1n) is 5.78. The summed E-state index contributed by atoms with van der Waals surface area (Å²) < 4.78 is 10.4. The number of nitrogens with two attached hydrogens (primary N) is 1. The number of carbonyl (C=O) groups is 1. The summed E-state index contributed by atoms with van der Waals surface area (Å²) in [5, 5.41) is 2.61. The van der Waals surface area contributed by atoms with Gasteiger partial charge in [0.15, 0.2) is 0 Å². The molecule has 100 valence electrons. The van der Waals surface area contributed by atoms with Crippen LogP contribution in [-0.2, 0) is 11.2 Å². The second kappa shape index (κ2) is 6.86. The van der Waals surface area contributed by atoms with Crippen LogP contribution in [-0.4, -0.2) is 33.7 Å². The lowest BCUT2D eigenvalue weighted by atomic mass is 9.98. The molecule has 1 amide bonds. The fourth-order valence-electron chi connectivity index (χ4n) is 1.76. The average Bonchev–Trinajstić information content (AvgIpc) is 2.43. The Morgan fingerprint density at radius 1 is 1.28 bits per heavy atom. The fraction of sp³-hybridized carbons (Fsp3) is 0.462. The molecule has 3 N–H and O–H groups in total. The van der Waals surface area contributed by atoms with Crippen molar-refractivity contribution >= 4 is 5.91 Å². The molecule has 0 aliphatic rings. The summed E-state index contributed by atoms with van der Waals surface area (Å²) in [6.07, 6.45) is 0.559. The second-order valence-corrected chi connectivity index (χ2v) is 3.97. The number of amides is 1. The van der Waals surface area contributed by atoms with Gasteiger partial charge in [-0.25, -0.2) is 0 Å². The molecule has 0 aliphatic carbocycles. The van der Waals surface area contributed by atoms with E-state index in [0.717, 1.165) is 5.56 Å². The van der Waals surface area contributed by atoms with E-state index >= 15 is 0 Å². The molecule has 1 atom stereocenters. The van der Waals surface area contributed by atoms with Gasteiger partial charge in [0, 0.05) is 19.7 Å². The van der Waals surface area contributed by atoms with E-state index in [2.05, 4.69) is 5.32 Å². The topological polar surface area (TPSA) is 73.6 Å². The van der Waals surface area contributed by atoms with Crippen LogP contribution in [0.5, 0.6) is 11.5 Å². The summed E-state index contributed by atoms with van der Waals surface area (Å²) in [5.74, 6) is 1.11. The molecule has 0 spiro atoms. The minimum absolute atomic E-state index is 0.0562. The number of rotatable bonds is 6. The average molecular weight is 252 g/mol. The van der Waals surface area contributed by atoms with Gasteiger partial charge in [-0.3, -0.25) is 4.79 Å². The second-order valence-electron chi connectivity index (χ2n) is 3.97. The van der Waals surface area contributed by atoms with Crippen molar-refractivity contribution in [2.24, 2.45) is 11.7 Å². The predicted octanol–water partition coefficient (Wildman–Crippen LogP) is 0.567. The largest absolute Gasteiger partial charge is 0.497 e. The van der Waals surface area contributed by atoms with Crippen LogP contribution < -0.4 is 20.5 Å². The minimum atomic E-state index is -0.244. The third kappa shape index (κ3) is 3.63. The van der Waals surface area contributed by atoms with E-state index in [4.69, 9.17) is 15.2 Å². The zero-order valence-corrected chi connectivity index (χ0v) is 11.0. The quantitative estimate of drug-likeness (QED) is 0.776. The standard InChI is InChI=1S/C13H20N2O3/c1-15-13(16)10(8-14)4-9-5-11(17-2)7-12(6-9)18-3/h5-7,10H,4,8,14H2,1-3H3,(H,15,16). The van der Waals surface area contributed by atoms with Gasteiger partial charge in [0.2, 0.25) is 5.91 Å². The molecule has 0 saturated heterocycles. The normalized spacial score (nSPS) is 11.8. The van der Waals surface area contributed by atoms with Crippen LogP contribution >= 0.6 is 0 Å². The van der Waals surface area contributed by atoms with E-state index in [1.54, 1.807) is 27.3 Å². The number of hydrogen-bond acceptors (Lipinski definition) is 4. The molecule has 1 aromatic carbocycles. The van der Waals surface area contributed by atoms with E-state index in [-0.39, 0.29) is 11.8 Å². The number of carbonyl (C=O) groups excluding carboxylic acids is 1. The predicted molar refractivity (Wildman–Crippen MR) is 69.9 cm³/mol. The van der Waals surface area contributed by atoms with E-state index < -0.39 is 0 Å². The maximum absolute atomic E-state index is 11.6. The van der Waals surface area contributed by atoms with Crippen molar-refractivity contribution in [2.75, 3.05) is 27.8 Å². The van der Waals surface area contributed by atoms with Crippen molar-refractivity contribution in [1.29, 1.82) is 0 Å². The van der Waals surface area contributed by atoms with Crippen LogP contribution in [0, 0.1) is 5.92 Å². The first-order valence-corrected chi connectivity index (χ1v) is 5.78. The van der Waals surface area contributed by atoms with Crippen molar-refractivity contribution in [2.45, 2.75) is 6.42 Å². The van der Waals surface area contributed by atoms with Crippen LogP contribution in [0.4, 0.5) is 0 Å². The van der Waals surface area contributed by atoms with Crippen molar-refractivity contribution in [3.05, 3.63) is 23.8 Å². The molecule has 1 aromatic rings. The first kappa shape index (κ1) is 14.3. The Labute approximate surface area is 107 Å². The molecule has 5 heteroatoms. The van der Waals surface area contributed by atoms with Gasteiger partial charge >= 0.3 is 0 Å². The van der Waals surface area contributed by atoms with Gasteiger partial charge in [-0.15, -0.1) is 0 Å². The molecule has 0 bridgehead atoms. The van der Waals surface area contributed by atoms with Gasteiger partial charge in [-0.2, -0.15) is 0 Å². The van der Waals surface area contributed by atoms with Crippen LogP contribution in [0.1, 0.15) is 5.56 Å². The number of nitrogens with one attached hydrogen (secondary N) is 1. The van der Waals surface area contributed by atoms with Crippen molar-refractivity contribution in [1.82, 2.24) is 5.32 Å². The molecule has 1 rings (SSSR count). The molecule has 0 aliphatic heterocycles. The van der Waals surface area contributed by atoms with Gasteiger partial charge in [-0.1, -0.05) is 0 Å². The monoisotopic (exact) mass is 252 g/mol. The highest BCUT2D eigenvalue weighted by atomic mass is 16.5. The van der Waals surface area contributed by atoms with E-state index in [9.17, 15) is 4.79 Å². The third-order valence-electron chi connectivity index (χ3n) is 2.80. The Morgan fingerprint density at radius 2 is 1.83 bits per heavy atom. The Balaban J connectivity index is 2.91. The summed E-state index contributed by atoms with van der Waals surface area (Å²) in [4.78, 5) is 11.6. The summed E-state index contributed by atoms with van der Waals surface area (Å²) in [6.45, 7) is 0.305. The fourth-order valence-corrected chi connectivity index (χ4v) is 1.76. The molecule has 0 heterocycles. The molecule has 0 fully saturated rings. The smallest absolute Gasteiger partial charge is 0.224 e. The molecule has 0 saturated carbocycles. The number of ether oxygens (including phenoxy) is 2. The lowest BCUT2D eigenvalue weighted by molar-refractivity contribution is -0.124. The van der Waals surface area contributed by atoms with Crippen LogP contribution in [0.3, 0.4) is 0 Å². The Kier molecular flexibility index (Phi) is 5.45. The molecule has 0 radical (unpaired) electrons. The van der Waals surface area contributed by atoms with Gasteiger partial charge in [0.1, 0.15) is 11.5 Å². The Morgan fingerprint density at radius 3 is 2.22 bits per heavy atom. The summed E-state index contributed by atoms with van der Waals surface area (Å²) in [6, 6.07) is 5.56. The summed E-state index contributed by atoms with van der Waals surface area (Å²) in [5.41, 5.74) is 6.58. The number of hydrogen-bond donors (Lipinski definition) is 2. The van der Waals surface area contributed by atoms with E-state index in [1.807, 2.05) is 12.1 Å². The molecular formula is C13H20N2O3. The zero-order chi connectivity index (χ0) is 13.5. The zero-order valence-electron chi connectivity index (χ0n) is 11.0. The Hall–Kier alpha value is -1.75. The number of benzene rings is 1. The van der Waals surface area contributed by atoms with Crippen molar-refractivity contribution < 1.29 is 14.3 Å². The minimum Gasteiger partial charge on any atom is -0.497 e. The van der Waals surface area contributed by atoms with E-state index in [0.29, 0.717) is 24.5 Å². The highest BCUT2D eigenvalue weighted by Crippen LogP contribution is 2.24. The summed E-state index contributed by atoms with van der Waals surface area (Å²) >= 11 is 0. The highest BCUT2D eigenvalue weighted by molar-refractivity contribution is 5.78.